The fourth-order valence-electron chi connectivity index (χ4n) is 2.43. The number of benzene rings is 1. The predicted octanol–water partition coefficient (Wildman–Crippen LogP) is 3.36. The predicted molar refractivity (Wildman–Crippen MR) is 73.2 cm³/mol. The second-order valence-electron chi connectivity index (χ2n) is 4.96. The van der Waals surface area contributed by atoms with Gasteiger partial charge in [-0.3, -0.25) is 4.79 Å². The van der Waals surface area contributed by atoms with E-state index in [2.05, 4.69) is 0 Å². The molecule has 1 atom stereocenters. The smallest absolute Gasteiger partial charge is 0.306 e. The Bertz CT molecular complexity index is 463. The maximum Gasteiger partial charge on any atom is 0.306 e. The summed E-state index contributed by atoms with van der Waals surface area (Å²) < 4.78 is 5.00. The number of aldehydes is 1. The van der Waals surface area contributed by atoms with Crippen LogP contribution in [0.4, 0.5) is 0 Å². The van der Waals surface area contributed by atoms with Crippen LogP contribution in [0.15, 0.2) is 24.3 Å². The van der Waals surface area contributed by atoms with Crippen molar-refractivity contribution in [3.63, 3.8) is 0 Å². The van der Waals surface area contributed by atoms with Gasteiger partial charge < -0.3 is 9.53 Å². The molecule has 0 aliphatic heterocycles. The summed E-state index contributed by atoms with van der Waals surface area (Å²) in [6.45, 7) is 2.14. The van der Waals surface area contributed by atoms with Crippen LogP contribution in [0.2, 0.25) is 5.02 Å². The molecule has 1 saturated carbocycles. The fraction of sp³-hybridized carbons (Fsp3) is 0.467. The van der Waals surface area contributed by atoms with E-state index in [4.69, 9.17) is 16.3 Å². The molecular weight excluding hydrogens is 264 g/mol. The first-order valence-corrected chi connectivity index (χ1v) is 6.86. The highest BCUT2D eigenvalue weighted by Gasteiger charge is 2.50. The summed E-state index contributed by atoms with van der Waals surface area (Å²) in [4.78, 5) is 23.1. The zero-order chi connectivity index (χ0) is 13.9. The van der Waals surface area contributed by atoms with Gasteiger partial charge in [0.05, 0.1) is 13.0 Å². The van der Waals surface area contributed by atoms with Crippen molar-refractivity contribution in [2.24, 2.45) is 5.41 Å². The highest BCUT2D eigenvalue weighted by Crippen LogP contribution is 2.55. The number of carbonyl (C=O) groups excluding carboxylic acids is 2. The van der Waals surface area contributed by atoms with E-state index in [9.17, 15) is 9.59 Å². The summed E-state index contributed by atoms with van der Waals surface area (Å²) in [7, 11) is 0. The minimum absolute atomic E-state index is 0.110. The Morgan fingerprint density at radius 2 is 2.05 bits per heavy atom. The largest absolute Gasteiger partial charge is 0.466 e. The molecule has 0 N–H and O–H groups in total. The molecule has 19 heavy (non-hydrogen) atoms. The molecule has 0 aromatic heterocycles. The lowest BCUT2D eigenvalue weighted by Gasteiger charge is -2.22. The monoisotopic (exact) mass is 280 g/mol. The van der Waals surface area contributed by atoms with Gasteiger partial charge in [0.25, 0.3) is 0 Å². The van der Waals surface area contributed by atoms with Crippen molar-refractivity contribution in [1.82, 2.24) is 0 Å². The zero-order valence-corrected chi connectivity index (χ0v) is 11.7. The lowest BCUT2D eigenvalue weighted by atomic mass is 9.82. The molecule has 1 aliphatic rings. The van der Waals surface area contributed by atoms with Gasteiger partial charge >= 0.3 is 5.97 Å². The fourth-order valence-corrected chi connectivity index (χ4v) is 2.55. The van der Waals surface area contributed by atoms with Crippen molar-refractivity contribution in [3.8, 4) is 0 Å². The van der Waals surface area contributed by atoms with E-state index in [1.54, 1.807) is 19.1 Å². The standard InChI is InChI=1S/C15H17ClO3/c1-2-19-14(18)9-13(15(10-17)7-8-15)11-3-5-12(16)6-4-11/h3-6,10,13H,2,7-9H2,1H3. The summed E-state index contributed by atoms with van der Waals surface area (Å²) in [5.74, 6) is -0.364. The van der Waals surface area contributed by atoms with Crippen molar-refractivity contribution < 1.29 is 14.3 Å². The lowest BCUT2D eigenvalue weighted by Crippen LogP contribution is -2.20. The molecule has 3 nitrogen and oxygen atoms in total. The van der Waals surface area contributed by atoms with Crippen LogP contribution in [0.25, 0.3) is 0 Å². The van der Waals surface area contributed by atoms with E-state index < -0.39 is 0 Å². The van der Waals surface area contributed by atoms with Gasteiger partial charge in [0.15, 0.2) is 0 Å². The SMILES string of the molecule is CCOC(=O)CC(c1ccc(Cl)cc1)C1(C=O)CC1. The van der Waals surface area contributed by atoms with Crippen molar-refractivity contribution in [2.75, 3.05) is 6.61 Å². The Kier molecular flexibility index (Phi) is 4.25. The second kappa shape index (κ2) is 5.74. The quantitative estimate of drug-likeness (QED) is 0.593. The van der Waals surface area contributed by atoms with E-state index in [0.29, 0.717) is 11.6 Å². The highest BCUT2D eigenvalue weighted by atomic mass is 35.5. The average molecular weight is 281 g/mol. The highest BCUT2D eigenvalue weighted by molar-refractivity contribution is 6.30. The third-order valence-electron chi connectivity index (χ3n) is 3.70. The first-order valence-electron chi connectivity index (χ1n) is 6.49. The molecule has 1 fully saturated rings. The van der Waals surface area contributed by atoms with Gasteiger partial charge in [0, 0.05) is 16.4 Å². The molecule has 0 radical (unpaired) electrons. The van der Waals surface area contributed by atoms with Crippen molar-refractivity contribution >= 4 is 23.9 Å². The summed E-state index contributed by atoms with van der Waals surface area (Å²) in [5, 5.41) is 0.648. The Balaban J connectivity index is 2.22. The Hall–Kier alpha value is -1.35. The molecule has 0 heterocycles. The summed E-state index contributed by atoms with van der Waals surface area (Å²) >= 11 is 5.87. The maximum absolute atomic E-state index is 11.7. The van der Waals surface area contributed by atoms with Crippen molar-refractivity contribution in [2.45, 2.75) is 32.1 Å². The van der Waals surface area contributed by atoms with Gasteiger partial charge in [0.2, 0.25) is 0 Å². The Labute approximate surface area is 117 Å². The van der Waals surface area contributed by atoms with Crippen LogP contribution in [-0.4, -0.2) is 18.9 Å². The molecule has 0 saturated heterocycles. The first kappa shape index (κ1) is 14.1. The topological polar surface area (TPSA) is 43.4 Å². The third-order valence-corrected chi connectivity index (χ3v) is 3.96. The van der Waals surface area contributed by atoms with Crippen molar-refractivity contribution in [3.05, 3.63) is 34.9 Å². The summed E-state index contributed by atoms with van der Waals surface area (Å²) in [6.07, 6.45) is 2.91. The van der Waals surface area contributed by atoms with Gasteiger partial charge in [-0.1, -0.05) is 23.7 Å². The molecule has 0 spiro atoms. The number of hydrogen-bond donors (Lipinski definition) is 0. The van der Waals surface area contributed by atoms with E-state index in [1.807, 2.05) is 12.1 Å². The van der Waals surface area contributed by atoms with Gasteiger partial charge in [0.1, 0.15) is 6.29 Å². The number of carbonyl (C=O) groups is 2. The van der Waals surface area contributed by atoms with Gasteiger partial charge in [-0.2, -0.15) is 0 Å². The lowest BCUT2D eigenvalue weighted by molar-refractivity contribution is -0.144. The first-order chi connectivity index (χ1) is 9.11. The number of halogens is 1. The Morgan fingerprint density at radius 3 is 2.53 bits per heavy atom. The molecule has 102 valence electrons. The molecule has 1 aliphatic carbocycles. The summed E-state index contributed by atoms with van der Waals surface area (Å²) in [5.41, 5.74) is 0.586. The number of esters is 1. The van der Waals surface area contributed by atoms with E-state index in [-0.39, 0.29) is 23.7 Å². The average Bonchev–Trinajstić information content (AvgIpc) is 3.18. The van der Waals surface area contributed by atoms with Crippen LogP contribution in [0.5, 0.6) is 0 Å². The molecule has 0 amide bonds. The molecule has 1 aromatic carbocycles. The van der Waals surface area contributed by atoms with Crippen LogP contribution in [0, 0.1) is 5.41 Å². The minimum atomic E-state index is -0.388. The summed E-state index contributed by atoms with van der Waals surface area (Å²) in [6, 6.07) is 7.34. The van der Waals surface area contributed by atoms with Crippen molar-refractivity contribution in [1.29, 1.82) is 0 Å². The minimum Gasteiger partial charge on any atom is -0.466 e. The second-order valence-corrected chi connectivity index (χ2v) is 5.40. The van der Waals surface area contributed by atoms with Gasteiger partial charge in [-0.25, -0.2) is 0 Å². The van der Waals surface area contributed by atoms with Crippen LogP contribution in [-0.2, 0) is 14.3 Å². The van der Waals surface area contributed by atoms with E-state index in [1.165, 1.54) is 0 Å². The Morgan fingerprint density at radius 1 is 1.42 bits per heavy atom. The zero-order valence-electron chi connectivity index (χ0n) is 10.9. The molecule has 4 heteroatoms. The van der Waals surface area contributed by atoms with Crippen LogP contribution in [0.3, 0.4) is 0 Å². The van der Waals surface area contributed by atoms with Gasteiger partial charge in [-0.05, 0) is 37.5 Å². The van der Waals surface area contributed by atoms with Crippen LogP contribution >= 0.6 is 11.6 Å². The molecule has 2 rings (SSSR count). The van der Waals surface area contributed by atoms with Crippen LogP contribution in [0.1, 0.15) is 37.7 Å². The molecule has 0 bridgehead atoms. The normalized spacial score (nSPS) is 17.6. The van der Waals surface area contributed by atoms with E-state index >= 15 is 0 Å². The third kappa shape index (κ3) is 3.16. The molecule has 1 unspecified atom stereocenters. The molecular formula is C15H17ClO3. The number of rotatable bonds is 6. The number of hydrogen-bond acceptors (Lipinski definition) is 3. The van der Waals surface area contributed by atoms with Crippen LogP contribution < -0.4 is 0 Å². The molecule has 1 aromatic rings. The maximum atomic E-state index is 11.7. The van der Waals surface area contributed by atoms with Gasteiger partial charge in [-0.15, -0.1) is 0 Å². The number of ether oxygens (including phenoxy) is 1. The van der Waals surface area contributed by atoms with E-state index in [0.717, 1.165) is 24.7 Å².